The number of esters is 2. The molecular weight excluding hydrogens is 725 g/mol. The molecule has 0 bridgehead atoms. The maximum Gasteiger partial charge on any atom is 0.306 e. The number of carbonyl (C=O) groups excluding carboxylic acids is 2. The van der Waals surface area contributed by atoms with Gasteiger partial charge >= 0.3 is 11.9 Å². The number of unbranched alkanes of at least 4 members (excludes halogenated alkanes) is 21. The molecule has 0 heterocycles. The first-order chi connectivity index (χ1) is 27.0. The summed E-state index contributed by atoms with van der Waals surface area (Å²) in [6.07, 6.45) is 43.2. The Kier molecular flexibility index (Phi) is 37.5. The van der Waals surface area contributed by atoms with E-state index in [2.05, 4.69) is 50.3 Å². The van der Waals surface area contributed by atoms with E-state index in [1.807, 2.05) is 21.1 Å². The van der Waals surface area contributed by atoms with E-state index >= 15 is 0 Å². The van der Waals surface area contributed by atoms with Gasteiger partial charge in [-0.1, -0.05) is 172 Å². The molecule has 0 aliphatic carbocycles. The van der Waals surface area contributed by atoms with E-state index in [1.54, 1.807) is 0 Å². The van der Waals surface area contributed by atoms with Gasteiger partial charge in [-0.25, -0.2) is 0 Å². The molecule has 0 rings (SSSR count). The number of nitrogens with zero attached hydrogens (tertiary/aromatic N) is 1. The molecule has 0 saturated carbocycles. The van der Waals surface area contributed by atoms with Crippen molar-refractivity contribution in [2.75, 3.05) is 47.5 Å². The summed E-state index contributed by atoms with van der Waals surface area (Å²) in [5, 5.41) is 0. The molecule has 0 amide bonds. The summed E-state index contributed by atoms with van der Waals surface area (Å²) in [5.74, 6) is -0.890. The first kappa shape index (κ1) is 54.2. The van der Waals surface area contributed by atoms with E-state index in [1.165, 1.54) is 109 Å². The van der Waals surface area contributed by atoms with Crippen molar-refractivity contribution >= 4 is 19.8 Å². The number of quaternary nitrogens is 1. The van der Waals surface area contributed by atoms with Gasteiger partial charge in [-0.2, -0.15) is 0 Å². The number of phosphoric acid groups is 1. The number of phosphoric ester groups is 1. The minimum Gasteiger partial charge on any atom is -0.756 e. The molecule has 9 nitrogen and oxygen atoms in total. The van der Waals surface area contributed by atoms with Gasteiger partial charge in [0.05, 0.1) is 27.7 Å². The van der Waals surface area contributed by atoms with Crippen LogP contribution in [0.2, 0.25) is 0 Å². The Morgan fingerprint density at radius 1 is 0.554 bits per heavy atom. The molecule has 0 aromatic heterocycles. The Labute approximate surface area is 344 Å². The highest BCUT2D eigenvalue weighted by Gasteiger charge is 2.21. The van der Waals surface area contributed by atoms with Crippen LogP contribution in [0, 0.1) is 0 Å². The van der Waals surface area contributed by atoms with E-state index in [-0.39, 0.29) is 26.1 Å². The van der Waals surface area contributed by atoms with E-state index in [4.69, 9.17) is 18.5 Å². The Morgan fingerprint density at radius 2 is 0.982 bits per heavy atom. The summed E-state index contributed by atoms with van der Waals surface area (Å²) >= 11 is 0. The molecule has 0 aromatic carbocycles. The quantitative estimate of drug-likeness (QED) is 0.0197. The zero-order chi connectivity index (χ0) is 41.4. The Balaban J connectivity index is 4.41. The molecular formula is C46H86NO8P. The molecule has 0 saturated heterocycles. The summed E-state index contributed by atoms with van der Waals surface area (Å²) in [6.45, 7) is 4.17. The van der Waals surface area contributed by atoms with Gasteiger partial charge in [0.2, 0.25) is 0 Å². The number of carbonyl (C=O) groups is 2. The van der Waals surface area contributed by atoms with Crippen LogP contribution in [0.3, 0.4) is 0 Å². The molecule has 56 heavy (non-hydrogen) atoms. The largest absolute Gasteiger partial charge is 0.756 e. The minimum absolute atomic E-state index is 0.0374. The molecule has 2 atom stereocenters. The van der Waals surface area contributed by atoms with Crippen molar-refractivity contribution in [2.45, 2.75) is 200 Å². The number of likely N-dealkylation sites (N-methyl/N-ethyl adjacent to an activating group) is 1. The van der Waals surface area contributed by atoms with E-state index in [0.717, 1.165) is 44.9 Å². The van der Waals surface area contributed by atoms with Gasteiger partial charge in [-0.3, -0.25) is 14.2 Å². The lowest BCUT2D eigenvalue weighted by molar-refractivity contribution is -0.870. The number of hydrogen-bond donors (Lipinski definition) is 0. The summed E-state index contributed by atoms with van der Waals surface area (Å²) in [5.41, 5.74) is 0. The number of rotatable bonds is 41. The standard InChI is InChI=1S/C46H86NO8P/c1-6-8-10-12-14-16-18-20-22-23-25-26-28-30-32-34-36-38-45(48)52-42-44(43-54-56(50,51)53-41-40-47(3,4)5)55-46(49)39-37-35-33-31-29-27-24-21-19-17-15-13-11-9-7-2/h20,22,25-26,30,32,44H,6-19,21,23-24,27-29,31,33-43H2,1-5H3/b22-20+,26-25+,32-30+/t44-/m1/s1. The van der Waals surface area contributed by atoms with E-state index in [0.29, 0.717) is 23.9 Å². The molecule has 0 spiro atoms. The van der Waals surface area contributed by atoms with Crippen LogP contribution in [0.1, 0.15) is 194 Å². The second-order valence-electron chi connectivity index (χ2n) is 16.4. The third kappa shape index (κ3) is 41.9. The predicted octanol–water partition coefficient (Wildman–Crippen LogP) is 12.3. The zero-order valence-corrected chi connectivity index (χ0v) is 37.7. The van der Waals surface area contributed by atoms with Gasteiger partial charge in [0.15, 0.2) is 6.10 Å². The highest BCUT2D eigenvalue weighted by Crippen LogP contribution is 2.38. The van der Waals surface area contributed by atoms with Gasteiger partial charge in [0, 0.05) is 12.8 Å². The topological polar surface area (TPSA) is 111 Å². The SMILES string of the molecule is CCCCCCCC/C=C/C/C=C/C/C=C/CCCC(=O)OC[C@H](COP(=O)([O-])OCC[N+](C)(C)C)OC(=O)CCCCCCCCCCCCCCCCC. The normalized spacial score (nSPS) is 13.9. The molecule has 10 heteroatoms. The lowest BCUT2D eigenvalue weighted by atomic mass is 10.0. The smallest absolute Gasteiger partial charge is 0.306 e. The summed E-state index contributed by atoms with van der Waals surface area (Å²) in [4.78, 5) is 37.5. The third-order valence-corrected chi connectivity index (χ3v) is 10.6. The van der Waals surface area contributed by atoms with Crippen molar-refractivity contribution in [3.8, 4) is 0 Å². The Bertz CT molecular complexity index is 1050. The fraction of sp³-hybridized carbons (Fsp3) is 0.826. The Morgan fingerprint density at radius 3 is 1.48 bits per heavy atom. The second kappa shape index (κ2) is 38.7. The molecule has 0 aliphatic heterocycles. The van der Waals surface area contributed by atoms with Crippen LogP contribution in [0.5, 0.6) is 0 Å². The van der Waals surface area contributed by atoms with E-state index < -0.39 is 32.5 Å². The molecule has 0 N–H and O–H groups in total. The molecule has 0 fully saturated rings. The van der Waals surface area contributed by atoms with Crippen LogP contribution in [-0.4, -0.2) is 70.0 Å². The Hall–Kier alpha value is -1.77. The van der Waals surface area contributed by atoms with Crippen LogP contribution in [0.15, 0.2) is 36.5 Å². The molecule has 1 unspecified atom stereocenters. The minimum atomic E-state index is -4.63. The fourth-order valence-electron chi connectivity index (χ4n) is 6.08. The predicted molar refractivity (Wildman–Crippen MR) is 231 cm³/mol. The first-order valence-corrected chi connectivity index (χ1v) is 24.2. The zero-order valence-electron chi connectivity index (χ0n) is 36.8. The average molecular weight is 812 g/mol. The van der Waals surface area contributed by atoms with Gasteiger partial charge in [0.1, 0.15) is 19.8 Å². The lowest BCUT2D eigenvalue weighted by Crippen LogP contribution is -2.37. The van der Waals surface area contributed by atoms with Crippen molar-refractivity contribution in [1.82, 2.24) is 0 Å². The third-order valence-electron chi connectivity index (χ3n) is 9.66. The van der Waals surface area contributed by atoms with Crippen molar-refractivity contribution in [3.05, 3.63) is 36.5 Å². The maximum atomic E-state index is 12.7. The van der Waals surface area contributed by atoms with Crippen molar-refractivity contribution in [2.24, 2.45) is 0 Å². The van der Waals surface area contributed by atoms with Crippen LogP contribution < -0.4 is 4.89 Å². The van der Waals surface area contributed by atoms with Crippen LogP contribution in [0.4, 0.5) is 0 Å². The maximum absolute atomic E-state index is 12.7. The number of ether oxygens (including phenoxy) is 2. The highest BCUT2D eigenvalue weighted by atomic mass is 31.2. The van der Waals surface area contributed by atoms with Gasteiger partial charge in [-0.15, -0.1) is 0 Å². The first-order valence-electron chi connectivity index (χ1n) is 22.7. The molecule has 0 aliphatic rings. The molecule has 0 radical (unpaired) electrons. The van der Waals surface area contributed by atoms with E-state index in [9.17, 15) is 19.0 Å². The van der Waals surface area contributed by atoms with Crippen LogP contribution in [0.25, 0.3) is 0 Å². The van der Waals surface area contributed by atoms with Crippen LogP contribution in [-0.2, 0) is 32.7 Å². The molecule has 0 aromatic rings. The van der Waals surface area contributed by atoms with Gasteiger partial charge in [0.25, 0.3) is 7.82 Å². The highest BCUT2D eigenvalue weighted by molar-refractivity contribution is 7.45. The average Bonchev–Trinajstić information content (AvgIpc) is 3.15. The summed E-state index contributed by atoms with van der Waals surface area (Å²) in [6, 6.07) is 0. The molecule has 328 valence electrons. The van der Waals surface area contributed by atoms with Gasteiger partial charge < -0.3 is 27.9 Å². The van der Waals surface area contributed by atoms with Crippen LogP contribution >= 0.6 is 7.82 Å². The number of hydrogen-bond acceptors (Lipinski definition) is 8. The monoisotopic (exact) mass is 812 g/mol. The van der Waals surface area contributed by atoms with Gasteiger partial charge in [-0.05, 0) is 44.9 Å². The van der Waals surface area contributed by atoms with Crippen molar-refractivity contribution < 1.29 is 42.1 Å². The number of allylic oxidation sites excluding steroid dienone is 6. The fourth-order valence-corrected chi connectivity index (χ4v) is 6.81. The van der Waals surface area contributed by atoms with Crippen molar-refractivity contribution in [1.29, 1.82) is 0 Å². The lowest BCUT2D eigenvalue weighted by Gasteiger charge is -2.28. The summed E-state index contributed by atoms with van der Waals surface area (Å²) in [7, 11) is 1.14. The van der Waals surface area contributed by atoms with Crippen molar-refractivity contribution in [3.63, 3.8) is 0 Å². The second-order valence-corrected chi connectivity index (χ2v) is 17.8. The summed E-state index contributed by atoms with van der Waals surface area (Å²) < 4.78 is 33.9.